The summed E-state index contributed by atoms with van der Waals surface area (Å²) in [5, 5.41) is 14.1. The van der Waals surface area contributed by atoms with Crippen LogP contribution in [0.2, 0.25) is 0 Å². The fourth-order valence-electron chi connectivity index (χ4n) is 4.49. The number of anilines is 2. The Hall–Kier alpha value is -3.41. The Morgan fingerprint density at radius 1 is 1.18 bits per heavy atom. The lowest BCUT2D eigenvalue weighted by atomic mass is 10.1. The van der Waals surface area contributed by atoms with Crippen LogP contribution in [0.4, 0.5) is 20.7 Å². The maximum absolute atomic E-state index is 13.7. The molecule has 2 heterocycles. The maximum Gasteiger partial charge on any atom is 0.319 e. The fourth-order valence-corrected chi connectivity index (χ4v) is 6.09. The minimum Gasteiger partial charge on any atom is -0.395 e. The number of aromatic nitrogens is 2. The quantitative estimate of drug-likeness (QED) is 0.402. The molecular weight excluding hydrogens is 509 g/mol. The number of rotatable bonds is 8. The van der Waals surface area contributed by atoms with Gasteiger partial charge < -0.3 is 25.4 Å². The topological polar surface area (TPSA) is 117 Å². The summed E-state index contributed by atoms with van der Waals surface area (Å²) in [6.45, 7) is 3.94. The minimum atomic E-state index is -1.41. The maximum atomic E-state index is 13.7. The summed E-state index contributed by atoms with van der Waals surface area (Å²) in [5.41, 5.74) is 2.03. The number of halogens is 1. The van der Waals surface area contributed by atoms with Crippen LogP contribution >= 0.6 is 0 Å². The van der Waals surface area contributed by atoms with Crippen LogP contribution < -0.4 is 15.5 Å². The van der Waals surface area contributed by atoms with E-state index < -0.39 is 21.6 Å². The summed E-state index contributed by atoms with van der Waals surface area (Å²) in [7, 11) is -1.41. The summed E-state index contributed by atoms with van der Waals surface area (Å²) in [5.74, 6) is 0.871. The van der Waals surface area contributed by atoms with Crippen LogP contribution in [0.1, 0.15) is 25.5 Å². The number of ether oxygens (including phenoxy) is 1. The zero-order chi connectivity index (χ0) is 26.7. The van der Waals surface area contributed by atoms with Crippen molar-refractivity contribution in [3.63, 3.8) is 0 Å². The molecule has 11 heteroatoms. The van der Waals surface area contributed by atoms with Crippen molar-refractivity contribution in [1.29, 1.82) is 0 Å². The van der Waals surface area contributed by atoms with E-state index in [9.17, 15) is 13.4 Å². The van der Waals surface area contributed by atoms with Gasteiger partial charge in [0.15, 0.2) is 5.82 Å². The highest BCUT2D eigenvalue weighted by atomic mass is 32.2. The third kappa shape index (κ3) is 5.54. The van der Waals surface area contributed by atoms with Crippen LogP contribution in [0.15, 0.2) is 59.5 Å². The normalized spacial score (nSPS) is 19.0. The molecule has 1 saturated heterocycles. The number of carbonyl (C=O) groups is 1. The first kappa shape index (κ1) is 26.2. The Labute approximate surface area is 222 Å². The number of nitrogens with zero attached hydrogens (tertiary/aromatic N) is 3. The standard InChI is InChI=1S/C27H30FN5O4S/c1-18-17-37-15-13-33(18)24-16-23(27(10-11-27)38(36)22-8-4-20(28)5-9-22)31-25(32-24)19-2-6-21(7-3-19)30-26(35)29-12-14-34/h2-9,16,18,34H,10-15,17H2,1H3,(H2,29,30,35)/t18-,38?/m0/s1. The molecule has 0 bridgehead atoms. The number of amides is 2. The van der Waals surface area contributed by atoms with E-state index in [4.69, 9.17) is 19.8 Å². The number of morpholine rings is 1. The number of aliphatic hydroxyl groups is 1. The van der Waals surface area contributed by atoms with Gasteiger partial charge >= 0.3 is 6.03 Å². The zero-order valence-corrected chi connectivity index (χ0v) is 21.8. The molecule has 3 N–H and O–H groups in total. The number of aliphatic hydroxyl groups excluding tert-OH is 1. The lowest BCUT2D eigenvalue weighted by Gasteiger charge is -2.34. The molecule has 38 heavy (non-hydrogen) atoms. The minimum absolute atomic E-state index is 0.112. The lowest BCUT2D eigenvalue weighted by Crippen LogP contribution is -2.44. The van der Waals surface area contributed by atoms with E-state index in [1.54, 1.807) is 24.3 Å². The molecule has 5 rings (SSSR count). The SMILES string of the molecule is C[C@H]1COCCN1c1cc(C2(S(=O)c3ccc(F)cc3)CC2)nc(-c2ccc(NC(=O)NCCO)cc2)n1. The predicted molar refractivity (Wildman–Crippen MR) is 143 cm³/mol. The average molecular weight is 540 g/mol. The number of nitrogens with one attached hydrogen (secondary N) is 2. The molecule has 2 atom stereocenters. The van der Waals surface area contributed by atoms with E-state index in [-0.39, 0.29) is 25.0 Å². The van der Waals surface area contributed by atoms with Gasteiger partial charge in [-0.15, -0.1) is 0 Å². The predicted octanol–water partition coefficient (Wildman–Crippen LogP) is 3.42. The van der Waals surface area contributed by atoms with Gasteiger partial charge in [0.2, 0.25) is 0 Å². The molecule has 2 aromatic carbocycles. The van der Waals surface area contributed by atoms with Crippen LogP contribution in [0, 0.1) is 5.82 Å². The Kier molecular flexibility index (Phi) is 7.68. The first-order valence-electron chi connectivity index (χ1n) is 12.6. The molecule has 1 saturated carbocycles. The van der Waals surface area contributed by atoms with Gasteiger partial charge in [-0.1, -0.05) is 0 Å². The van der Waals surface area contributed by atoms with Gasteiger partial charge in [-0.05, 0) is 68.3 Å². The molecule has 1 aliphatic heterocycles. The molecular formula is C27H30FN5O4S. The van der Waals surface area contributed by atoms with Gasteiger partial charge in [0.05, 0.1) is 47.1 Å². The van der Waals surface area contributed by atoms with Crippen molar-refractivity contribution in [1.82, 2.24) is 15.3 Å². The van der Waals surface area contributed by atoms with Gasteiger partial charge in [-0.2, -0.15) is 0 Å². The summed E-state index contributed by atoms with van der Waals surface area (Å²) in [6, 6.07) is 14.6. The average Bonchev–Trinajstić information content (AvgIpc) is 3.75. The largest absolute Gasteiger partial charge is 0.395 e. The molecule has 2 amide bonds. The third-order valence-electron chi connectivity index (χ3n) is 6.73. The number of benzene rings is 2. The van der Waals surface area contributed by atoms with Crippen molar-refractivity contribution in [2.24, 2.45) is 0 Å². The highest BCUT2D eigenvalue weighted by Gasteiger charge is 2.52. The summed E-state index contributed by atoms with van der Waals surface area (Å²) in [6.07, 6.45) is 1.41. The Balaban J connectivity index is 1.49. The molecule has 1 aromatic heterocycles. The third-order valence-corrected chi connectivity index (χ3v) is 8.75. The van der Waals surface area contributed by atoms with Crippen LogP contribution in [-0.2, 0) is 20.3 Å². The number of urea groups is 1. The second kappa shape index (κ2) is 11.1. The van der Waals surface area contributed by atoms with Crippen molar-refractivity contribution in [2.75, 3.05) is 43.1 Å². The van der Waals surface area contributed by atoms with Gasteiger partial charge in [-0.25, -0.2) is 19.2 Å². The van der Waals surface area contributed by atoms with Crippen molar-refractivity contribution in [3.05, 3.63) is 66.1 Å². The van der Waals surface area contributed by atoms with Crippen LogP contribution in [0.3, 0.4) is 0 Å². The van der Waals surface area contributed by atoms with Gasteiger partial charge in [-0.3, -0.25) is 4.21 Å². The molecule has 2 fully saturated rings. The number of hydrogen-bond acceptors (Lipinski definition) is 7. The van der Waals surface area contributed by atoms with Crippen LogP contribution in [0.5, 0.6) is 0 Å². The smallest absolute Gasteiger partial charge is 0.319 e. The Morgan fingerprint density at radius 3 is 2.58 bits per heavy atom. The fraction of sp³-hybridized carbons (Fsp3) is 0.370. The van der Waals surface area contributed by atoms with E-state index in [1.807, 2.05) is 18.2 Å². The van der Waals surface area contributed by atoms with Crippen LogP contribution in [0.25, 0.3) is 11.4 Å². The molecule has 0 spiro atoms. The van der Waals surface area contributed by atoms with Gasteiger partial charge in [0, 0.05) is 35.3 Å². The Morgan fingerprint density at radius 2 is 1.92 bits per heavy atom. The second-order valence-electron chi connectivity index (χ2n) is 9.45. The first-order chi connectivity index (χ1) is 18.4. The van der Waals surface area contributed by atoms with Crippen molar-refractivity contribution in [3.8, 4) is 11.4 Å². The van der Waals surface area contributed by atoms with E-state index in [0.717, 1.165) is 11.4 Å². The molecule has 9 nitrogen and oxygen atoms in total. The van der Waals surface area contributed by atoms with E-state index >= 15 is 0 Å². The van der Waals surface area contributed by atoms with Crippen molar-refractivity contribution in [2.45, 2.75) is 35.4 Å². The summed E-state index contributed by atoms with van der Waals surface area (Å²) >= 11 is 0. The first-order valence-corrected chi connectivity index (χ1v) is 13.7. The molecule has 1 unspecified atom stereocenters. The van der Waals surface area contributed by atoms with E-state index in [1.165, 1.54) is 12.1 Å². The molecule has 3 aromatic rings. The van der Waals surface area contributed by atoms with E-state index in [0.29, 0.717) is 54.7 Å². The van der Waals surface area contributed by atoms with Crippen molar-refractivity contribution < 1.29 is 23.2 Å². The van der Waals surface area contributed by atoms with Gasteiger partial charge in [0.1, 0.15) is 11.6 Å². The zero-order valence-electron chi connectivity index (χ0n) is 21.0. The monoisotopic (exact) mass is 539 g/mol. The van der Waals surface area contributed by atoms with Crippen LogP contribution in [-0.4, -0.2) is 64.3 Å². The molecule has 1 aliphatic carbocycles. The lowest BCUT2D eigenvalue weighted by molar-refractivity contribution is 0.0985. The highest BCUT2D eigenvalue weighted by molar-refractivity contribution is 7.86. The summed E-state index contributed by atoms with van der Waals surface area (Å²) in [4.78, 5) is 24.4. The Bertz CT molecular complexity index is 1320. The number of hydrogen-bond donors (Lipinski definition) is 3. The second-order valence-corrected chi connectivity index (χ2v) is 11.2. The van der Waals surface area contributed by atoms with Gasteiger partial charge in [0.25, 0.3) is 0 Å². The summed E-state index contributed by atoms with van der Waals surface area (Å²) < 4.78 is 32.2. The molecule has 2 aliphatic rings. The van der Waals surface area contributed by atoms with E-state index in [2.05, 4.69) is 22.5 Å². The molecule has 0 radical (unpaired) electrons. The van der Waals surface area contributed by atoms with Crippen molar-refractivity contribution >= 4 is 28.3 Å². The number of carbonyl (C=O) groups excluding carboxylic acids is 1. The highest BCUT2D eigenvalue weighted by Crippen LogP contribution is 2.53. The molecule has 200 valence electrons.